The summed E-state index contributed by atoms with van der Waals surface area (Å²) in [6.45, 7) is -0.524. The number of benzene rings is 2. The van der Waals surface area contributed by atoms with Gasteiger partial charge in [0.1, 0.15) is 5.92 Å². The summed E-state index contributed by atoms with van der Waals surface area (Å²) in [5.41, 5.74) is 1.01. The van der Waals surface area contributed by atoms with Gasteiger partial charge in [-0.05, 0) is 11.1 Å². The van der Waals surface area contributed by atoms with Crippen molar-refractivity contribution in [2.45, 2.75) is 5.92 Å². The summed E-state index contributed by atoms with van der Waals surface area (Å²) >= 11 is 0. The Morgan fingerprint density at radius 1 is 0.955 bits per heavy atom. The van der Waals surface area contributed by atoms with Gasteiger partial charge in [0.2, 0.25) is 6.54 Å². The predicted octanol–water partition coefficient (Wildman–Crippen LogP) is 3.36. The van der Waals surface area contributed by atoms with Crippen LogP contribution in [0.4, 0.5) is 0 Å². The van der Waals surface area contributed by atoms with Gasteiger partial charge < -0.3 is 0 Å². The second-order valence-corrected chi connectivity index (χ2v) is 4.72. The van der Waals surface area contributed by atoms with Crippen LogP contribution in [0.3, 0.4) is 0 Å². The average Bonchev–Trinajstić information content (AvgIpc) is 2.52. The molecule has 1 atom stereocenters. The van der Waals surface area contributed by atoms with Gasteiger partial charge in [-0.1, -0.05) is 60.7 Å². The van der Waals surface area contributed by atoms with E-state index in [0.717, 1.165) is 0 Å². The maximum atomic E-state index is 11.4. The van der Waals surface area contributed by atoms with Crippen molar-refractivity contribution in [3.63, 3.8) is 0 Å². The van der Waals surface area contributed by atoms with Crippen molar-refractivity contribution in [3.8, 4) is 0 Å². The number of nitro groups is 2. The highest BCUT2D eigenvalue weighted by Crippen LogP contribution is 2.27. The van der Waals surface area contributed by atoms with Gasteiger partial charge in [0.25, 0.3) is 5.70 Å². The summed E-state index contributed by atoms with van der Waals surface area (Å²) in [4.78, 5) is 21.3. The summed E-state index contributed by atoms with van der Waals surface area (Å²) in [6.07, 6.45) is 1.39. The molecule has 0 amide bonds. The van der Waals surface area contributed by atoms with E-state index in [1.54, 1.807) is 60.7 Å². The molecule has 6 heteroatoms. The Balaban J connectivity index is 2.48. The third-order valence-corrected chi connectivity index (χ3v) is 3.22. The van der Waals surface area contributed by atoms with Crippen molar-refractivity contribution in [3.05, 3.63) is 97.7 Å². The molecule has 0 spiro atoms. The molecular formula is C16H14N2O4. The van der Waals surface area contributed by atoms with E-state index in [4.69, 9.17) is 0 Å². The van der Waals surface area contributed by atoms with Crippen molar-refractivity contribution in [1.29, 1.82) is 0 Å². The molecule has 2 aromatic rings. The molecule has 0 saturated carbocycles. The van der Waals surface area contributed by atoms with Crippen molar-refractivity contribution < 1.29 is 9.85 Å². The summed E-state index contributed by atoms with van der Waals surface area (Å²) in [5.74, 6) is -0.897. The average molecular weight is 298 g/mol. The third kappa shape index (κ3) is 3.99. The van der Waals surface area contributed by atoms with Gasteiger partial charge in [0.05, 0.1) is 4.92 Å². The molecule has 0 radical (unpaired) electrons. The molecule has 0 heterocycles. The monoisotopic (exact) mass is 298 g/mol. The Morgan fingerprint density at radius 3 is 2.00 bits per heavy atom. The Kier molecular flexibility index (Phi) is 4.98. The van der Waals surface area contributed by atoms with Crippen LogP contribution >= 0.6 is 0 Å². The minimum absolute atomic E-state index is 0.186. The highest BCUT2D eigenvalue weighted by atomic mass is 16.6. The standard InChI is InChI=1S/C16H14N2O4/c19-17(20)12-15(14-9-5-2-6-10-14)16(18(21)22)11-13-7-3-1-4-8-13/h1-11,15H,12H2/b16-11-. The Morgan fingerprint density at radius 2 is 1.50 bits per heavy atom. The van der Waals surface area contributed by atoms with E-state index in [0.29, 0.717) is 11.1 Å². The molecule has 0 fully saturated rings. The molecule has 6 nitrogen and oxygen atoms in total. The zero-order valence-corrected chi connectivity index (χ0v) is 11.7. The van der Waals surface area contributed by atoms with E-state index in [1.807, 2.05) is 0 Å². The molecule has 0 aliphatic carbocycles. The summed E-state index contributed by atoms with van der Waals surface area (Å²) in [6, 6.07) is 17.3. The molecule has 22 heavy (non-hydrogen) atoms. The summed E-state index contributed by atoms with van der Waals surface area (Å²) in [5, 5.41) is 22.3. The first-order valence-corrected chi connectivity index (χ1v) is 6.65. The van der Waals surface area contributed by atoms with Gasteiger partial charge in [-0.25, -0.2) is 0 Å². The van der Waals surface area contributed by atoms with E-state index in [1.165, 1.54) is 6.08 Å². The largest absolute Gasteiger partial charge is 0.265 e. The van der Waals surface area contributed by atoms with Crippen LogP contribution in [0.25, 0.3) is 6.08 Å². The zero-order chi connectivity index (χ0) is 15.9. The fraction of sp³-hybridized carbons (Fsp3) is 0.125. The van der Waals surface area contributed by atoms with Gasteiger partial charge in [-0.3, -0.25) is 20.2 Å². The Bertz CT molecular complexity index is 684. The fourth-order valence-corrected chi connectivity index (χ4v) is 2.20. The fourth-order valence-electron chi connectivity index (χ4n) is 2.20. The van der Waals surface area contributed by atoms with Crippen LogP contribution < -0.4 is 0 Å². The molecule has 2 rings (SSSR count). The SMILES string of the molecule is O=[N+]([O-])CC(/C(=C/c1ccccc1)[N+](=O)[O-])c1ccccc1. The van der Waals surface area contributed by atoms with Gasteiger partial charge in [-0.15, -0.1) is 0 Å². The maximum absolute atomic E-state index is 11.4. The maximum Gasteiger partial charge on any atom is 0.260 e. The lowest BCUT2D eigenvalue weighted by Gasteiger charge is -2.11. The molecule has 1 unspecified atom stereocenters. The highest BCUT2D eigenvalue weighted by molar-refractivity contribution is 5.53. The first-order chi connectivity index (χ1) is 10.6. The minimum atomic E-state index is -0.897. The smallest absolute Gasteiger partial charge is 0.260 e. The number of rotatable bonds is 6. The summed E-state index contributed by atoms with van der Waals surface area (Å²) in [7, 11) is 0. The van der Waals surface area contributed by atoms with Crippen LogP contribution in [0, 0.1) is 20.2 Å². The molecular weight excluding hydrogens is 284 g/mol. The molecule has 2 aromatic carbocycles. The van der Waals surface area contributed by atoms with E-state index < -0.39 is 22.3 Å². The van der Waals surface area contributed by atoms with Gasteiger partial charge >= 0.3 is 0 Å². The van der Waals surface area contributed by atoms with Crippen LogP contribution in [-0.2, 0) is 0 Å². The zero-order valence-electron chi connectivity index (χ0n) is 11.7. The number of hydrogen-bond acceptors (Lipinski definition) is 4. The highest BCUT2D eigenvalue weighted by Gasteiger charge is 2.31. The van der Waals surface area contributed by atoms with Crippen molar-refractivity contribution in [2.75, 3.05) is 6.54 Å². The third-order valence-electron chi connectivity index (χ3n) is 3.22. The lowest BCUT2D eigenvalue weighted by atomic mass is 9.94. The van der Waals surface area contributed by atoms with Crippen LogP contribution in [-0.4, -0.2) is 16.4 Å². The second-order valence-electron chi connectivity index (χ2n) is 4.72. The molecule has 0 saturated heterocycles. The molecule has 0 N–H and O–H groups in total. The van der Waals surface area contributed by atoms with Crippen molar-refractivity contribution >= 4 is 6.08 Å². The van der Waals surface area contributed by atoms with Gasteiger partial charge in [-0.2, -0.15) is 0 Å². The van der Waals surface area contributed by atoms with Crippen LogP contribution in [0.5, 0.6) is 0 Å². The first kappa shape index (κ1) is 15.4. The van der Waals surface area contributed by atoms with E-state index in [2.05, 4.69) is 0 Å². The summed E-state index contributed by atoms with van der Waals surface area (Å²) < 4.78 is 0. The van der Waals surface area contributed by atoms with Gasteiger partial charge in [0.15, 0.2) is 0 Å². The van der Waals surface area contributed by atoms with E-state index in [9.17, 15) is 20.2 Å². The molecule has 0 aliphatic heterocycles. The Hall–Kier alpha value is -3.02. The van der Waals surface area contributed by atoms with E-state index >= 15 is 0 Å². The lowest BCUT2D eigenvalue weighted by Crippen LogP contribution is -2.19. The quantitative estimate of drug-likeness (QED) is 0.604. The number of nitrogens with zero attached hydrogens (tertiary/aromatic N) is 2. The minimum Gasteiger partial charge on any atom is -0.265 e. The van der Waals surface area contributed by atoms with E-state index in [-0.39, 0.29) is 5.70 Å². The van der Waals surface area contributed by atoms with Gasteiger partial charge in [0, 0.05) is 11.0 Å². The second kappa shape index (κ2) is 7.12. The predicted molar refractivity (Wildman–Crippen MR) is 82.5 cm³/mol. The molecule has 0 aromatic heterocycles. The van der Waals surface area contributed by atoms with Crippen LogP contribution in [0.1, 0.15) is 17.0 Å². The number of hydrogen-bond donors (Lipinski definition) is 0. The van der Waals surface area contributed by atoms with Crippen molar-refractivity contribution in [2.24, 2.45) is 0 Å². The molecule has 0 aliphatic rings. The lowest BCUT2D eigenvalue weighted by molar-refractivity contribution is -0.494. The van der Waals surface area contributed by atoms with Crippen LogP contribution in [0.15, 0.2) is 66.4 Å². The first-order valence-electron chi connectivity index (χ1n) is 6.65. The Labute approximate surface area is 127 Å². The van der Waals surface area contributed by atoms with Crippen LogP contribution in [0.2, 0.25) is 0 Å². The van der Waals surface area contributed by atoms with Crippen molar-refractivity contribution in [1.82, 2.24) is 0 Å². The molecule has 112 valence electrons. The molecule has 0 bridgehead atoms. The normalized spacial score (nSPS) is 12.6. The topological polar surface area (TPSA) is 86.3 Å².